The first-order chi connectivity index (χ1) is 21.7. The molecule has 2 N–H and O–H groups in total. The Balaban J connectivity index is 1.55. The molecule has 1 unspecified atom stereocenters. The molecule has 1 aliphatic heterocycles. The van der Waals surface area contributed by atoms with E-state index in [1.165, 1.54) is 38.7 Å². The van der Waals surface area contributed by atoms with Crippen LogP contribution in [0.2, 0.25) is 0 Å². The standard InChI is InChI=1S/C30H36F3N9O3S/c1-7-18-14-23(25(45-5)15-24(18)42-13-10-19(17-42)40(2)3)38-29-36-16-20(30(31,32)33)28(39-29)37-22-9-8-21-26(35-12-11-34-21)27(22)41(4)46(6,43)44/h8-9,11-12,14-16,19H,7,10,13,17H2,1-6H3,(H2,36,37,38,39). The summed E-state index contributed by atoms with van der Waals surface area (Å²) in [6.45, 7) is 3.79. The zero-order chi connectivity index (χ0) is 33.4. The predicted octanol–water partition coefficient (Wildman–Crippen LogP) is 5.03. The van der Waals surface area contributed by atoms with Gasteiger partial charge in [-0.25, -0.2) is 13.4 Å². The molecule has 1 aliphatic rings. The number of benzene rings is 2. The lowest BCUT2D eigenvalue weighted by Gasteiger charge is -2.25. The second kappa shape index (κ2) is 12.7. The van der Waals surface area contributed by atoms with E-state index in [1.807, 2.05) is 19.1 Å². The Morgan fingerprint density at radius 3 is 2.43 bits per heavy atom. The molecule has 46 heavy (non-hydrogen) atoms. The lowest BCUT2D eigenvalue weighted by atomic mass is 10.1. The van der Waals surface area contributed by atoms with Crippen LogP contribution in [0, 0.1) is 0 Å². The third-order valence-electron chi connectivity index (χ3n) is 8.04. The first kappa shape index (κ1) is 32.9. The van der Waals surface area contributed by atoms with E-state index in [0.29, 0.717) is 35.6 Å². The van der Waals surface area contributed by atoms with Crippen LogP contribution in [0.3, 0.4) is 0 Å². The first-order valence-electron chi connectivity index (χ1n) is 14.5. The molecule has 2 aromatic carbocycles. The molecule has 246 valence electrons. The summed E-state index contributed by atoms with van der Waals surface area (Å²) < 4.78 is 74.3. The highest BCUT2D eigenvalue weighted by Crippen LogP contribution is 2.41. The van der Waals surface area contributed by atoms with E-state index in [4.69, 9.17) is 4.74 Å². The van der Waals surface area contributed by atoms with Crippen LogP contribution in [0.25, 0.3) is 11.0 Å². The number of nitrogens with one attached hydrogen (secondary N) is 2. The molecule has 16 heteroatoms. The predicted molar refractivity (Wildman–Crippen MR) is 173 cm³/mol. The summed E-state index contributed by atoms with van der Waals surface area (Å²) >= 11 is 0. The summed E-state index contributed by atoms with van der Waals surface area (Å²) in [6, 6.07) is 7.20. The Morgan fingerprint density at radius 2 is 1.80 bits per heavy atom. The Morgan fingerprint density at radius 1 is 1.07 bits per heavy atom. The van der Waals surface area contributed by atoms with Gasteiger partial charge in [-0.05, 0) is 50.7 Å². The fourth-order valence-corrected chi connectivity index (χ4v) is 5.96. The Bertz CT molecular complexity index is 1860. The molecule has 1 saturated heterocycles. The van der Waals surface area contributed by atoms with Crippen LogP contribution in [-0.2, 0) is 22.6 Å². The number of fused-ring (bicyclic) bond motifs is 1. The average molecular weight is 660 g/mol. The van der Waals surface area contributed by atoms with Crippen molar-refractivity contribution in [3.8, 4) is 5.75 Å². The van der Waals surface area contributed by atoms with Gasteiger partial charge in [-0.1, -0.05) is 6.92 Å². The molecule has 0 radical (unpaired) electrons. The van der Waals surface area contributed by atoms with Crippen molar-refractivity contribution in [2.75, 3.05) is 67.4 Å². The Labute approximate surface area is 265 Å². The van der Waals surface area contributed by atoms with Crippen molar-refractivity contribution in [2.24, 2.45) is 0 Å². The molecule has 1 fully saturated rings. The Hall–Kier alpha value is -4.44. The van der Waals surface area contributed by atoms with Crippen LogP contribution in [-0.4, -0.2) is 86.9 Å². The molecule has 12 nitrogen and oxygen atoms in total. The minimum absolute atomic E-state index is 0.0117. The third kappa shape index (κ3) is 6.72. The van der Waals surface area contributed by atoms with Gasteiger partial charge in [-0.3, -0.25) is 14.3 Å². The van der Waals surface area contributed by atoms with Crippen LogP contribution < -0.4 is 24.6 Å². The van der Waals surface area contributed by atoms with Gasteiger partial charge in [0.25, 0.3) is 0 Å². The molecule has 0 amide bonds. The minimum atomic E-state index is -4.82. The van der Waals surface area contributed by atoms with Gasteiger partial charge < -0.3 is 25.2 Å². The highest BCUT2D eigenvalue weighted by atomic mass is 32.2. The number of alkyl halides is 3. The van der Waals surface area contributed by atoms with Gasteiger partial charge in [-0.2, -0.15) is 18.2 Å². The zero-order valence-electron chi connectivity index (χ0n) is 26.3. The summed E-state index contributed by atoms with van der Waals surface area (Å²) in [5.74, 6) is -0.241. The number of aryl methyl sites for hydroxylation is 1. The fraction of sp³-hybridized carbons (Fsp3) is 0.400. The molecule has 0 aliphatic carbocycles. The number of anilines is 6. The van der Waals surface area contributed by atoms with Crippen LogP contribution in [0.5, 0.6) is 5.75 Å². The first-order valence-corrected chi connectivity index (χ1v) is 16.3. The van der Waals surface area contributed by atoms with Crippen molar-refractivity contribution < 1.29 is 26.3 Å². The number of likely N-dealkylation sites (N-methyl/N-ethyl adjacent to an activating group) is 1. The monoisotopic (exact) mass is 659 g/mol. The normalized spacial score (nSPS) is 15.4. The molecule has 0 bridgehead atoms. The third-order valence-corrected chi connectivity index (χ3v) is 9.21. The smallest absolute Gasteiger partial charge is 0.421 e. The van der Waals surface area contributed by atoms with Crippen molar-refractivity contribution in [2.45, 2.75) is 32.0 Å². The lowest BCUT2D eigenvalue weighted by Crippen LogP contribution is -2.31. The van der Waals surface area contributed by atoms with Crippen LogP contribution in [0.1, 0.15) is 24.5 Å². The maximum absolute atomic E-state index is 14.2. The molecule has 5 rings (SSSR count). The number of halogens is 3. The Kier molecular flexibility index (Phi) is 9.13. The van der Waals surface area contributed by atoms with E-state index in [9.17, 15) is 21.6 Å². The van der Waals surface area contributed by atoms with E-state index in [-0.39, 0.29) is 22.8 Å². The minimum Gasteiger partial charge on any atom is -0.494 e. The summed E-state index contributed by atoms with van der Waals surface area (Å²) in [5, 5.41) is 5.73. The van der Waals surface area contributed by atoms with Crippen LogP contribution in [0.4, 0.5) is 47.7 Å². The highest BCUT2D eigenvalue weighted by Gasteiger charge is 2.36. The van der Waals surface area contributed by atoms with Crippen molar-refractivity contribution >= 4 is 55.6 Å². The number of hydrogen-bond donors (Lipinski definition) is 2. The summed E-state index contributed by atoms with van der Waals surface area (Å²) in [4.78, 5) is 21.1. The second-order valence-electron chi connectivity index (χ2n) is 11.2. The van der Waals surface area contributed by atoms with Crippen LogP contribution >= 0.6 is 0 Å². The molecule has 3 heterocycles. The van der Waals surface area contributed by atoms with Gasteiger partial charge in [0.1, 0.15) is 28.3 Å². The average Bonchev–Trinajstić information content (AvgIpc) is 3.50. The largest absolute Gasteiger partial charge is 0.494 e. The van der Waals surface area contributed by atoms with E-state index < -0.39 is 27.6 Å². The number of ether oxygens (including phenoxy) is 1. The topological polar surface area (TPSA) is 129 Å². The maximum Gasteiger partial charge on any atom is 0.421 e. The number of methoxy groups -OCH3 is 1. The number of aromatic nitrogens is 4. The van der Waals surface area contributed by atoms with Crippen molar-refractivity contribution in [3.05, 3.63) is 54.0 Å². The molecule has 4 aromatic rings. The number of nitrogens with zero attached hydrogens (tertiary/aromatic N) is 7. The molecular weight excluding hydrogens is 623 g/mol. The SMILES string of the molecule is CCc1cc(Nc2ncc(C(F)(F)F)c(Nc3ccc4nccnc4c3N(C)S(C)(=O)=O)n2)c(OC)cc1N1CCC(N(C)C)C1. The molecular formula is C30H36F3N9O3S. The van der Waals surface area contributed by atoms with Gasteiger partial charge in [0.2, 0.25) is 16.0 Å². The van der Waals surface area contributed by atoms with Gasteiger partial charge in [-0.15, -0.1) is 0 Å². The van der Waals surface area contributed by atoms with E-state index >= 15 is 0 Å². The number of hydrogen-bond acceptors (Lipinski definition) is 11. The number of sulfonamides is 1. The quantitative estimate of drug-likeness (QED) is 0.238. The zero-order valence-corrected chi connectivity index (χ0v) is 27.2. The van der Waals surface area contributed by atoms with Crippen molar-refractivity contribution in [1.29, 1.82) is 0 Å². The van der Waals surface area contributed by atoms with Gasteiger partial charge in [0.15, 0.2) is 0 Å². The molecule has 1 atom stereocenters. The fourth-order valence-electron chi connectivity index (χ4n) is 5.44. The van der Waals surface area contributed by atoms with Crippen molar-refractivity contribution in [1.82, 2.24) is 24.8 Å². The van der Waals surface area contributed by atoms with Crippen molar-refractivity contribution in [3.63, 3.8) is 0 Å². The van der Waals surface area contributed by atoms with E-state index in [0.717, 1.165) is 41.3 Å². The summed E-state index contributed by atoms with van der Waals surface area (Å²) in [7, 11) is 3.09. The van der Waals surface area contributed by atoms with Gasteiger partial charge in [0, 0.05) is 56.5 Å². The maximum atomic E-state index is 14.2. The molecule has 0 spiro atoms. The van der Waals surface area contributed by atoms with Gasteiger partial charge >= 0.3 is 6.18 Å². The molecule has 0 saturated carbocycles. The lowest BCUT2D eigenvalue weighted by molar-refractivity contribution is -0.137. The molecule has 2 aromatic heterocycles. The van der Waals surface area contributed by atoms with Crippen LogP contribution in [0.15, 0.2) is 42.9 Å². The highest BCUT2D eigenvalue weighted by molar-refractivity contribution is 7.92. The summed E-state index contributed by atoms with van der Waals surface area (Å²) in [5.41, 5.74) is 1.96. The van der Waals surface area contributed by atoms with Gasteiger partial charge in [0.05, 0.1) is 30.3 Å². The second-order valence-corrected chi connectivity index (χ2v) is 13.2. The van der Waals surface area contributed by atoms with E-state index in [2.05, 4.69) is 54.5 Å². The summed E-state index contributed by atoms with van der Waals surface area (Å²) in [6.07, 6.45) is 1.36. The van der Waals surface area contributed by atoms with E-state index in [1.54, 1.807) is 0 Å². The number of rotatable bonds is 10.